The second-order valence-corrected chi connectivity index (χ2v) is 5.62. The maximum absolute atomic E-state index is 4.71. The van der Waals surface area contributed by atoms with Crippen molar-refractivity contribution in [2.45, 2.75) is 19.0 Å². The first-order chi connectivity index (χ1) is 9.13. The highest BCUT2D eigenvalue weighted by atomic mass is 15.3. The molecule has 0 radical (unpaired) electrons. The summed E-state index contributed by atoms with van der Waals surface area (Å²) in [5, 5.41) is 5.35. The van der Waals surface area contributed by atoms with Gasteiger partial charge in [-0.2, -0.15) is 5.10 Å². The summed E-state index contributed by atoms with van der Waals surface area (Å²) in [6.45, 7) is 3.23. The SMILES string of the molecule is CN(C)C1CCN(Cc2ccc3cnn(C)c3n2)C1. The van der Waals surface area contributed by atoms with E-state index in [1.54, 1.807) is 0 Å². The standard InChI is InChI=1S/C14H21N5/c1-17(2)13-6-7-19(10-13)9-12-5-4-11-8-15-18(3)14(11)16-12/h4-5,8,13H,6-7,9-10H2,1-3H3. The Bertz CT molecular complexity index is 574. The first-order valence-corrected chi connectivity index (χ1v) is 6.80. The van der Waals surface area contributed by atoms with E-state index in [9.17, 15) is 0 Å². The van der Waals surface area contributed by atoms with Crippen LogP contribution >= 0.6 is 0 Å². The Kier molecular flexibility index (Phi) is 3.24. The molecule has 0 saturated carbocycles. The average Bonchev–Trinajstić information content (AvgIpc) is 2.98. The Morgan fingerprint density at radius 3 is 2.95 bits per heavy atom. The molecule has 19 heavy (non-hydrogen) atoms. The van der Waals surface area contributed by atoms with Crippen LogP contribution in [0.1, 0.15) is 12.1 Å². The Morgan fingerprint density at radius 1 is 1.37 bits per heavy atom. The lowest BCUT2D eigenvalue weighted by atomic mass is 10.2. The monoisotopic (exact) mass is 259 g/mol. The molecule has 3 rings (SSSR count). The van der Waals surface area contributed by atoms with Crippen molar-refractivity contribution in [3.8, 4) is 0 Å². The summed E-state index contributed by atoms with van der Waals surface area (Å²) in [6, 6.07) is 4.91. The van der Waals surface area contributed by atoms with Crippen molar-refractivity contribution in [3.63, 3.8) is 0 Å². The highest BCUT2D eigenvalue weighted by molar-refractivity contribution is 5.74. The molecule has 1 fully saturated rings. The van der Waals surface area contributed by atoms with Crippen LogP contribution in [-0.2, 0) is 13.6 Å². The van der Waals surface area contributed by atoms with Gasteiger partial charge in [-0.3, -0.25) is 9.58 Å². The normalized spacial score (nSPS) is 20.7. The van der Waals surface area contributed by atoms with Gasteiger partial charge in [0.2, 0.25) is 0 Å². The fourth-order valence-electron chi connectivity index (χ4n) is 2.76. The Morgan fingerprint density at radius 2 is 2.21 bits per heavy atom. The van der Waals surface area contributed by atoms with Gasteiger partial charge in [-0.25, -0.2) is 4.98 Å². The summed E-state index contributed by atoms with van der Waals surface area (Å²) < 4.78 is 1.84. The van der Waals surface area contributed by atoms with E-state index in [1.165, 1.54) is 6.42 Å². The fourth-order valence-corrected chi connectivity index (χ4v) is 2.76. The fraction of sp³-hybridized carbons (Fsp3) is 0.571. The van der Waals surface area contributed by atoms with E-state index >= 15 is 0 Å². The smallest absolute Gasteiger partial charge is 0.157 e. The summed E-state index contributed by atoms with van der Waals surface area (Å²) in [5.41, 5.74) is 2.11. The van der Waals surface area contributed by atoms with E-state index < -0.39 is 0 Å². The molecule has 0 N–H and O–H groups in total. The summed E-state index contributed by atoms with van der Waals surface area (Å²) in [6.07, 6.45) is 3.12. The van der Waals surface area contributed by atoms with Gasteiger partial charge in [0.05, 0.1) is 11.9 Å². The third kappa shape index (κ3) is 2.48. The maximum Gasteiger partial charge on any atom is 0.157 e. The largest absolute Gasteiger partial charge is 0.305 e. The molecule has 1 aliphatic heterocycles. The zero-order valence-electron chi connectivity index (χ0n) is 11.9. The van der Waals surface area contributed by atoms with Crippen LogP contribution in [0, 0.1) is 0 Å². The molecule has 2 aromatic heterocycles. The Balaban J connectivity index is 1.73. The lowest BCUT2D eigenvalue weighted by Crippen LogP contribution is -2.31. The van der Waals surface area contributed by atoms with Crippen LogP contribution in [0.5, 0.6) is 0 Å². The first kappa shape index (κ1) is 12.6. The quantitative estimate of drug-likeness (QED) is 0.827. The van der Waals surface area contributed by atoms with Crippen LogP contribution in [-0.4, -0.2) is 57.8 Å². The summed E-state index contributed by atoms with van der Waals surface area (Å²) >= 11 is 0. The van der Waals surface area contributed by atoms with Gasteiger partial charge >= 0.3 is 0 Å². The Labute approximate surface area is 113 Å². The van der Waals surface area contributed by atoms with Gasteiger partial charge in [0, 0.05) is 38.1 Å². The van der Waals surface area contributed by atoms with Gasteiger partial charge in [0.25, 0.3) is 0 Å². The molecule has 0 aromatic carbocycles. The zero-order valence-corrected chi connectivity index (χ0v) is 11.9. The number of likely N-dealkylation sites (N-methyl/N-ethyl adjacent to an activating group) is 1. The number of nitrogens with zero attached hydrogens (tertiary/aromatic N) is 5. The van der Waals surface area contributed by atoms with Gasteiger partial charge in [0.1, 0.15) is 0 Å². The van der Waals surface area contributed by atoms with Crippen molar-refractivity contribution in [1.82, 2.24) is 24.6 Å². The number of fused-ring (bicyclic) bond motifs is 1. The van der Waals surface area contributed by atoms with Gasteiger partial charge in [0.15, 0.2) is 5.65 Å². The Hall–Kier alpha value is -1.46. The molecule has 5 heteroatoms. The lowest BCUT2D eigenvalue weighted by molar-refractivity contribution is 0.263. The first-order valence-electron chi connectivity index (χ1n) is 6.80. The predicted molar refractivity (Wildman–Crippen MR) is 75.9 cm³/mol. The zero-order chi connectivity index (χ0) is 13.4. The van der Waals surface area contributed by atoms with Crippen LogP contribution < -0.4 is 0 Å². The summed E-state index contributed by atoms with van der Waals surface area (Å²) in [5.74, 6) is 0. The molecule has 2 aromatic rings. The number of hydrogen-bond donors (Lipinski definition) is 0. The van der Waals surface area contributed by atoms with E-state index in [0.29, 0.717) is 6.04 Å². The van der Waals surface area contributed by atoms with Gasteiger partial charge in [-0.1, -0.05) is 0 Å². The van der Waals surface area contributed by atoms with Crippen LogP contribution in [0.25, 0.3) is 11.0 Å². The van der Waals surface area contributed by atoms with E-state index in [4.69, 9.17) is 4.98 Å². The second kappa shape index (κ2) is 4.90. The molecule has 5 nitrogen and oxygen atoms in total. The molecule has 0 spiro atoms. The van der Waals surface area contributed by atoms with Crippen molar-refractivity contribution in [2.24, 2.45) is 7.05 Å². The number of rotatable bonds is 3. The van der Waals surface area contributed by atoms with E-state index in [2.05, 4.69) is 41.1 Å². The van der Waals surface area contributed by atoms with Crippen molar-refractivity contribution in [1.29, 1.82) is 0 Å². The van der Waals surface area contributed by atoms with Crippen LogP contribution in [0.4, 0.5) is 0 Å². The highest BCUT2D eigenvalue weighted by Crippen LogP contribution is 2.17. The summed E-state index contributed by atoms with van der Waals surface area (Å²) in [4.78, 5) is 9.51. The van der Waals surface area contributed by atoms with Crippen molar-refractivity contribution in [2.75, 3.05) is 27.2 Å². The number of hydrogen-bond acceptors (Lipinski definition) is 4. The highest BCUT2D eigenvalue weighted by Gasteiger charge is 2.24. The summed E-state index contributed by atoms with van der Waals surface area (Å²) in [7, 11) is 6.26. The molecular formula is C14H21N5. The number of likely N-dealkylation sites (tertiary alicyclic amines) is 1. The van der Waals surface area contributed by atoms with Gasteiger partial charge in [-0.15, -0.1) is 0 Å². The van der Waals surface area contributed by atoms with E-state index in [1.807, 2.05) is 17.9 Å². The minimum atomic E-state index is 0.681. The molecule has 0 amide bonds. The van der Waals surface area contributed by atoms with Crippen molar-refractivity contribution >= 4 is 11.0 Å². The van der Waals surface area contributed by atoms with E-state index in [-0.39, 0.29) is 0 Å². The van der Waals surface area contributed by atoms with Gasteiger partial charge in [-0.05, 0) is 32.6 Å². The molecule has 0 bridgehead atoms. The number of aryl methyl sites for hydroxylation is 1. The predicted octanol–water partition coefficient (Wildman–Crippen LogP) is 1.10. The van der Waals surface area contributed by atoms with Crippen LogP contribution in [0.3, 0.4) is 0 Å². The molecule has 1 saturated heterocycles. The molecule has 1 atom stereocenters. The topological polar surface area (TPSA) is 37.2 Å². The van der Waals surface area contributed by atoms with Crippen molar-refractivity contribution in [3.05, 3.63) is 24.0 Å². The van der Waals surface area contributed by atoms with Crippen LogP contribution in [0.15, 0.2) is 18.3 Å². The molecule has 102 valence electrons. The second-order valence-electron chi connectivity index (χ2n) is 5.62. The molecular weight excluding hydrogens is 238 g/mol. The number of aromatic nitrogens is 3. The minimum Gasteiger partial charge on any atom is -0.305 e. The van der Waals surface area contributed by atoms with Crippen molar-refractivity contribution < 1.29 is 0 Å². The average molecular weight is 259 g/mol. The minimum absolute atomic E-state index is 0.681. The lowest BCUT2D eigenvalue weighted by Gasteiger charge is -2.20. The molecule has 0 aliphatic carbocycles. The van der Waals surface area contributed by atoms with E-state index in [0.717, 1.165) is 36.4 Å². The van der Waals surface area contributed by atoms with Gasteiger partial charge < -0.3 is 4.90 Å². The third-order valence-corrected chi connectivity index (χ3v) is 4.00. The molecule has 1 unspecified atom stereocenters. The molecule has 1 aliphatic rings. The number of pyridine rings is 1. The maximum atomic E-state index is 4.71. The third-order valence-electron chi connectivity index (χ3n) is 4.00. The van der Waals surface area contributed by atoms with Crippen LogP contribution in [0.2, 0.25) is 0 Å². The molecule has 3 heterocycles.